The number of fused-ring (bicyclic) bond motifs is 1. The number of nitrogens with zero attached hydrogens (tertiary/aromatic N) is 5. The van der Waals surface area contributed by atoms with Crippen molar-refractivity contribution in [1.82, 2.24) is 19.6 Å². The largest absolute Gasteiger partial charge is 0.355 e. The molecule has 0 aliphatic carbocycles. The number of hydrogen-bond donors (Lipinski definition) is 1. The predicted molar refractivity (Wildman–Crippen MR) is 57.8 cm³/mol. The van der Waals surface area contributed by atoms with Crippen molar-refractivity contribution in [3.05, 3.63) is 18.2 Å². The number of anilines is 1. The average Bonchev–Trinajstić information content (AvgIpc) is 2.61. The fourth-order valence-corrected chi connectivity index (χ4v) is 1.50. The van der Waals surface area contributed by atoms with E-state index >= 15 is 0 Å². The monoisotopic (exact) mass is 206 g/mol. The average molecular weight is 206 g/mol. The molecule has 15 heavy (non-hydrogen) atoms. The molecular weight excluding hydrogens is 192 g/mol. The smallest absolute Gasteiger partial charge is 0.203 e. The van der Waals surface area contributed by atoms with E-state index in [1.54, 1.807) is 6.20 Å². The fraction of sp³-hybridized carbons (Fsp3) is 0.444. The summed E-state index contributed by atoms with van der Waals surface area (Å²) in [6.45, 7) is 3.25. The molecule has 2 N–H and O–H groups in total. The Morgan fingerprint density at radius 2 is 2.27 bits per heavy atom. The molecule has 0 atom stereocenters. The van der Waals surface area contributed by atoms with Gasteiger partial charge in [0.15, 0.2) is 5.82 Å². The molecule has 0 spiro atoms. The second kappa shape index (κ2) is 3.82. The minimum Gasteiger partial charge on any atom is -0.355 e. The Bertz CT molecular complexity index is 463. The first-order valence-corrected chi connectivity index (χ1v) is 4.81. The summed E-state index contributed by atoms with van der Waals surface area (Å²) in [7, 11) is 1.94. The Morgan fingerprint density at radius 3 is 3.00 bits per heavy atom. The molecule has 0 saturated carbocycles. The molecule has 0 radical (unpaired) electrons. The zero-order valence-corrected chi connectivity index (χ0v) is 8.88. The van der Waals surface area contributed by atoms with Gasteiger partial charge in [-0.25, -0.2) is 4.98 Å². The predicted octanol–water partition coefficient (Wildman–Crippen LogP) is -0.172. The van der Waals surface area contributed by atoms with Crippen molar-refractivity contribution in [2.45, 2.75) is 6.92 Å². The summed E-state index contributed by atoms with van der Waals surface area (Å²) in [6.07, 6.45) is 3.59. The van der Waals surface area contributed by atoms with E-state index in [0.29, 0.717) is 6.54 Å². The first kappa shape index (κ1) is 9.85. The Labute approximate surface area is 87.7 Å². The molecular formula is C9H14N6. The van der Waals surface area contributed by atoms with Gasteiger partial charge in [0, 0.05) is 32.5 Å². The molecule has 0 amide bonds. The van der Waals surface area contributed by atoms with Crippen LogP contribution in [0.2, 0.25) is 0 Å². The molecule has 0 unspecified atom stereocenters. The topological polar surface area (TPSA) is 72.3 Å². The number of nitrogens with two attached hydrogens (primary N) is 1. The Kier molecular flexibility index (Phi) is 2.51. The lowest BCUT2D eigenvalue weighted by molar-refractivity contribution is 0.864. The van der Waals surface area contributed by atoms with E-state index in [-0.39, 0.29) is 0 Å². The highest BCUT2D eigenvalue weighted by molar-refractivity contribution is 5.63. The Morgan fingerprint density at radius 1 is 1.47 bits per heavy atom. The quantitative estimate of drug-likeness (QED) is 0.754. The van der Waals surface area contributed by atoms with Gasteiger partial charge in [-0.05, 0) is 6.92 Å². The van der Waals surface area contributed by atoms with Crippen molar-refractivity contribution >= 4 is 11.5 Å². The van der Waals surface area contributed by atoms with Gasteiger partial charge in [-0.3, -0.25) is 4.40 Å². The molecule has 0 bridgehead atoms. The summed E-state index contributed by atoms with van der Waals surface area (Å²) in [5.41, 5.74) is 6.27. The molecule has 6 heteroatoms. The minimum atomic E-state index is 0.590. The number of aromatic nitrogens is 4. The van der Waals surface area contributed by atoms with Crippen molar-refractivity contribution in [3.8, 4) is 0 Å². The molecule has 2 rings (SSSR count). The maximum Gasteiger partial charge on any atom is 0.203 e. The molecule has 2 aromatic rings. The zero-order chi connectivity index (χ0) is 10.8. The van der Waals surface area contributed by atoms with Crippen molar-refractivity contribution in [2.24, 2.45) is 5.73 Å². The highest BCUT2D eigenvalue weighted by Gasteiger charge is 2.10. The highest BCUT2D eigenvalue weighted by Crippen LogP contribution is 2.15. The maximum atomic E-state index is 5.50. The van der Waals surface area contributed by atoms with Gasteiger partial charge in [0.05, 0.1) is 0 Å². The van der Waals surface area contributed by atoms with Crippen LogP contribution in [-0.2, 0) is 0 Å². The third-order valence-electron chi connectivity index (χ3n) is 2.30. The van der Waals surface area contributed by atoms with Gasteiger partial charge < -0.3 is 10.6 Å². The lowest BCUT2D eigenvalue weighted by Crippen LogP contribution is -2.26. The lowest BCUT2D eigenvalue weighted by atomic mass is 10.5. The van der Waals surface area contributed by atoms with Gasteiger partial charge in [-0.15, -0.1) is 10.2 Å². The fourth-order valence-electron chi connectivity index (χ4n) is 1.50. The molecule has 6 nitrogen and oxygen atoms in total. The van der Waals surface area contributed by atoms with Crippen molar-refractivity contribution in [1.29, 1.82) is 0 Å². The van der Waals surface area contributed by atoms with E-state index in [4.69, 9.17) is 5.73 Å². The maximum absolute atomic E-state index is 5.50. The summed E-state index contributed by atoms with van der Waals surface area (Å²) in [6, 6.07) is 0. The molecule has 0 aromatic carbocycles. The van der Waals surface area contributed by atoms with Crippen LogP contribution in [0.25, 0.3) is 5.65 Å². The zero-order valence-electron chi connectivity index (χ0n) is 8.88. The Balaban J connectivity index is 2.51. The van der Waals surface area contributed by atoms with Crippen LogP contribution < -0.4 is 10.6 Å². The molecule has 80 valence electrons. The van der Waals surface area contributed by atoms with E-state index in [9.17, 15) is 0 Å². The molecule has 2 aromatic heterocycles. The number of aryl methyl sites for hydroxylation is 1. The Hall–Kier alpha value is -1.69. The van der Waals surface area contributed by atoms with Crippen LogP contribution in [0.3, 0.4) is 0 Å². The summed E-state index contributed by atoms with van der Waals surface area (Å²) >= 11 is 0. The molecule has 0 aliphatic rings. The molecule has 0 aliphatic heterocycles. The van der Waals surface area contributed by atoms with E-state index < -0.39 is 0 Å². The van der Waals surface area contributed by atoms with Gasteiger partial charge in [0.25, 0.3) is 0 Å². The molecule has 0 saturated heterocycles. The van der Waals surface area contributed by atoms with E-state index in [2.05, 4.69) is 15.2 Å². The van der Waals surface area contributed by atoms with Gasteiger partial charge in [0.1, 0.15) is 5.82 Å². The third-order valence-corrected chi connectivity index (χ3v) is 2.30. The van der Waals surface area contributed by atoms with Gasteiger partial charge in [-0.2, -0.15) is 0 Å². The lowest BCUT2D eigenvalue weighted by Gasteiger charge is -2.16. The van der Waals surface area contributed by atoms with Crippen LogP contribution in [0, 0.1) is 6.92 Å². The first-order chi connectivity index (χ1) is 7.24. The summed E-state index contributed by atoms with van der Waals surface area (Å²) in [5, 5.41) is 8.10. The van der Waals surface area contributed by atoms with Crippen molar-refractivity contribution < 1.29 is 0 Å². The SMILES string of the molecule is Cc1nnc2c(N(C)CCN)nccn12. The standard InChI is InChI=1S/C9H14N6/c1-7-12-13-9-8(14(2)5-3-10)11-4-6-15(7)9/h4,6H,3,5,10H2,1-2H3. The second-order valence-corrected chi connectivity index (χ2v) is 3.40. The summed E-state index contributed by atoms with van der Waals surface area (Å²) < 4.78 is 1.91. The van der Waals surface area contributed by atoms with Crippen LogP contribution >= 0.6 is 0 Å². The van der Waals surface area contributed by atoms with Gasteiger partial charge >= 0.3 is 0 Å². The number of likely N-dealkylation sites (N-methyl/N-ethyl adjacent to an activating group) is 1. The van der Waals surface area contributed by atoms with Crippen LogP contribution in [0.5, 0.6) is 0 Å². The third kappa shape index (κ3) is 1.63. The first-order valence-electron chi connectivity index (χ1n) is 4.81. The minimum absolute atomic E-state index is 0.590. The molecule has 2 heterocycles. The van der Waals surface area contributed by atoms with Crippen LogP contribution in [0.4, 0.5) is 5.82 Å². The van der Waals surface area contributed by atoms with Crippen LogP contribution in [-0.4, -0.2) is 39.7 Å². The van der Waals surface area contributed by atoms with E-state index in [1.165, 1.54) is 0 Å². The number of rotatable bonds is 3. The van der Waals surface area contributed by atoms with Crippen molar-refractivity contribution in [3.63, 3.8) is 0 Å². The molecule has 0 fully saturated rings. The normalized spacial score (nSPS) is 10.9. The van der Waals surface area contributed by atoms with Gasteiger partial charge in [-0.1, -0.05) is 0 Å². The van der Waals surface area contributed by atoms with E-state index in [1.807, 2.05) is 29.5 Å². The van der Waals surface area contributed by atoms with Crippen LogP contribution in [0.15, 0.2) is 12.4 Å². The summed E-state index contributed by atoms with van der Waals surface area (Å²) in [4.78, 5) is 6.26. The summed E-state index contributed by atoms with van der Waals surface area (Å²) in [5.74, 6) is 1.67. The second-order valence-electron chi connectivity index (χ2n) is 3.40. The number of hydrogen-bond acceptors (Lipinski definition) is 5. The highest BCUT2D eigenvalue weighted by atomic mass is 15.3. The van der Waals surface area contributed by atoms with Crippen molar-refractivity contribution in [2.75, 3.05) is 25.0 Å². The van der Waals surface area contributed by atoms with Crippen LogP contribution in [0.1, 0.15) is 5.82 Å². The van der Waals surface area contributed by atoms with E-state index in [0.717, 1.165) is 23.8 Å². The van der Waals surface area contributed by atoms with Gasteiger partial charge in [0.2, 0.25) is 5.65 Å².